The van der Waals surface area contributed by atoms with Crippen molar-refractivity contribution in [2.75, 3.05) is 0 Å². The fourth-order valence-electron chi connectivity index (χ4n) is 2.43. The molecular formula is C18H24. The topological polar surface area (TPSA) is 0 Å². The van der Waals surface area contributed by atoms with Crippen LogP contribution in [0.15, 0.2) is 30.3 Å². The lowest BCUT2D eigenvalue weighted by atomic mass is 9.83. The van der Waals surface area contributed by atoms with Crippen molar-refractivity contribution in [2.45, 2.75) is 52.9 Å². The van der Waals surface area contributed by atoms with Gasteiger partial charge in [-0.15, -0.1) is 0 Å². The van der Waals surface area contributed by atoms with E-state index in [0.717, 1.165) is 12.8 Å². The van der Waals surface area contributed by atoms with Gasteiger partial charge in [0.05, 0.1) is 0 Å². The van der Waals surface area contributed by atoms with Crippen LogP contribution in [0.25, 0.3) is 10.8 Å². The quantitative estimate of drug-likeness (QED) is 0.671. The summed E-state index contributed by atoms with van der Waals surface area (Å²) in [6.07, 6.45) is 2.22. The number of rotatable bonds is 2. The third-order valence-corrected chi connectivity index (χ3v) is 3.76. The van der Waals surface area contributed by atoms with Gasteiger partial charge in [0.1, 0.15) is 0 Å². The largest absolute Gasteiger partial charge is 0.0613 e. The molecule has 0 radical (unpaired) electrons. The van der Waals surface area contributed by atoms with Crippen LogP contribution in [0.4, 0.5) is 0 Å². The van der Waals surface area contributed by atoms with Crippen LogP contribution in [0.1, 0.15) is 51.3 Å². The molecular weight excluding hydrogens is 216 g/mol. The van der Waals surface area contributed by atoms with E-state index in [2.05, 4.69) is 65.0 Å². The molecule has 0 nitrogen and oxygen atoms in total. The summed E-state index contributed by atoms with van der Waals surface area (Å²) in [6, 6.07) is 11.6. The van der Waals surface area contributed by atoms with E-state index in [0.29, 0.717) is 0 Å². The molecule has 0 spiro atoms. The van der Waals surface area contributed by atoms with Gasteiger partial charge in [-0.1, -0.05) is 65.0 Å². The fourth-order valence-corrected chi connectivity index (χ4v) is 2.43. The first kappa shape index (κ1) is 13.1. The standard InChI is InChI=1S/C18H24/c1-6-13-8-9-15-12-16(18(3,4)5)11-14(7-2)17(15)10-13/h8-12H,6-7H2,1-5H3. The zero-order chi connectivity index (χ0) is 13.3. The molecule has 0 amide bonds. The van der Waals surface area contributed by atoms with Crippen molar-refractivity contribution in [3.8, 4) is 0 Å². The van der Waals surface area contributed by atoms with Gasteiger partial charge in [-0.2, -0.15) is 0 Å². The van der Waals surface area contributed by atoms with Crippen molar-refractivity contribution >= 4 is 10.8 Å². The molecule has 2 aromatic rings. The fraction of sp³-hybridized carbons (Fsp3) is 0.444. The minimum atomic E-state index is 0.224. The van der Waals surface area contributed by atoms with Crippen molar-refractivity contribution in [1.82, 2.24) is 0 Å². The minimum absolute atomic E-state index is 0.224. The van der Waals surface area contributed by atoms with Crippen molar-refractivity contribution in [3.05, 3.63) is 47.0 Å². The molecule has 2 aromatic carbocycles. The van der Waals surface area contributed by atoms with Crippen LogP contribution in [0.2, 0.25) is 0 Å². The van der Waals surface area contributed by atoms with Gasteiger partial charge in [-0.3, -0.25) is 0 Å². The van der Waals surface area contributed by atoms with Gasteiger partial charge >= 0.3 is 0 Å². The van der Waals surface area contributed by atoms with Crippen LogP contribution >= 0.6 is 0 Å². The predicted octanol–water partition coefficient (Wildman–Crippen LogP) is 5.26. The van der Waals surface area contributed by atoms with Gasteiger partial charge in [-0.25, -0.2) is 0 Å². The highest BCUT2D eigenvalue weighted by atomic mass is 14.2. The van der Waals surface area contributed by atoms with E-state index in [-0.39, 0.29) is 5.41 Å². The van der Waals surface area contributed by atoms with E-state index in [9.17, 15) is 0 Å². The summed E-state index contributed by atoms with van der Waals surface area (Å²) in [7, 11) is 0. The molecule has 0 N–H and O–H groups in total. The Morgan fingerprint density at radius 2 is 1.61 bits per heavy atom. The summed E-state index contributed by atoms with van der Waals surface area (Å²) in [4.78, 5) is 0. The van der Waals surface area contributed by atoms with Gasteiger partial charge in [0.2, 0.25) is 0 Å². The highest BCUT2D eigenvalue weighted by Gasteiger charge is 2.15. The molecule has 0 aromatic heterocycles. The second kappa shape index (κ2) is 4.76. The lowest BCUT2D eigenvalue weighted by Gasteiger charge is -2.21. The molecule has 0 aliphatic heterocycles. The van der Waals surface area contributed by atoms with Crippen LogP contribution in [-0.2, 0) is 18.3 Å². The van der Waals surface area contributed by atoms with Gasteiger partial charge < -0.3 is 0 Å². The second-order valence-electron chi connectivity index (χ2n) is 6.15. The van der Waals surface area contributed by atoms with Crippen molar-refractivity contribution < 1.29 is 0 Å². The first-order chi connectivity index (χ1) is 8.45. The Labute approximate surface area is 111 Å². The number of hydrogen-bond acceptors (Lipinski definition) is 0. The third kappa shape index (κ3) is 2.43. The third-order valence-electron chi connectivity index (χ3n) is 3.76. The zero-order valence-corrected chi connectivity index (χ0v) is 12.3. The zero-order valence-electron chi connectivity index (χ0n) is 12.3. The Morgan fingerprint density at radius 1 is 0.889 bits per heavy atom. The Kier molecular flexibility index (Phi) is 3.47. The summed E-state index contributed by atoms with van der Waals surface area (Å²) in [6.45, 7) is 11.3. The van der Waals surface area contributed by atoms with Gasteiger partial charge in [0.15, 0.2) is 0 Å². The maximum absolute atomic E-state index is 2.39. The predicted molar refractivity (Wildman–Crippen MR) is 81.4 cm³/mol. The smallest absolute Gasteiger partial charge is 0.0132 e. The maximum Gasteiger partial charge on any atom is -0.0132 e. The molecule has 0 bridgehead atoms. The second-order valence-corrected chi connectivity index (χ2v) is 6.15. The average Bonchev–Trinajstić information content (AvgIpc) is 2.35. The summed E-state index contributed by atoms with van der Waals surface area (Å²) < 4.78 is 0. The Morgan fingerprint density at radius 3 is 2.17 bits per heavy atom. The average molecular weight is 240 g/mol. The first-order valence-corrected chi connectivity index (χ1v) is 7.01. The SMILES string of the molecule is CCc1ccc2cc(C(C)(C)C)cc(CC)c2c1. The van der Waals surface area contributed by atoms with E-state index < -0.39 is 0 Å². The van der Waals surface area contributed by atoms with Crippen LogP contribution in [0.3, 0.4) is 0 Å². The highest BCUT2D eigenvalue weighted by molar-refractivity contribution is 5.87. The molecule has 96 valence electrons. The molecule has 0 aliphatic carbocycles. The van der Waals surface area contributed by atoms with Crippen LogP contribution in [-0.4, -0.2) is 0 Å². The Bertz CT molecular complexity index is 556. The van der Waals surface area contributed by atoms with E-state index in [4.69, 9.17) is 0 Å². The summed E-state index contributed by atoms with van der Waals surface area (Å²) >= 11 is 0. The maximum atomic E-state index is 2.39. The van der Waals surface area contributed by atoms with E-state index >= 15 is 0 Å². The molecule has 0 fully saturated rings. The molecule has 0 atom stereocenters. The minimum Gasteiger partial charge on any atom is -0.0613 e. The molecule has 0 unspecified atom stereocenters. The lowest BCUT2D eigenvalue weighted by Crippen LogP contribution is -2.11. The van der Waals surface area contributed by atoms with Crippen LogP contribution < -0.4 is 0 Å². The summed E-state index contributed by atoms with van der Waals surface area (Å²) in [5.74, 6) is 0. The first-order valence-electron chi connectivity index (χ1n) is 7.01. The van der Waals surface area contributed by atoms with E-state index in [1.165, 1.54) is 27.5 Å². The van der Waals surface area contributed by atoms with Gasteiger partial charge in [-0.05, 0) is 45.7 Å². The van der Waals surface area contributed by atoms with Crippen LogP contribution in [0, 0.1) is 0 Å². The Hall–Kier alpha value is -1.30. The number of benzene rings is 2. The molecule has 0 aliphatic rings. The molecule has 0 saturated heterocycles. The summed E-state index contributed by atoms with van der Waals surface area (Å²) in [5, 5.41) is 2.82. The molecule has 18 heavy (non-hydrogen) atoms. The van der Waals surface area contributed by atoms with E-state index in [1.54, 1.807) is 0 Å². The lowest BCUT2D eigenvalue weighted by molar-refractivity contribution is 0.590. The van der Waals surface area contributed by atoms with Crippen LogP contribution in [0.5, 0.6) is 0 Å². The van der Waals surface area contributed by atoms with Crippen molar-refractivity contribution in [3.63, 3.8) is 0 Å². The van der Waals surface area contributed by atoms with Gasteiger partial charge in [0, 0.05) is 0 Å². The number of fused-ring (bicyclic) bond motifs is 1. The number of hydrogen-bond donors (Lipinski definition) is 0. The normalized spacial score (nSPS) is 12.1. The molecule has 0 heterocycles. The molecule has 0 saturated carbocycles. The van der Waals surface area contributed by atoms with Crippen molar-refractivity contribution in [2.24, 2.45) is 0 Å². The van der Waals surface area contributed by atoms with Crippen molar-refractivity contribution in [1.29, 1.82) is 0 Å². The highest BCUT2D eigenvalue weighted by Crippen LogP contribution is 2.30. The van der Waals surface area contributed by atoms with E-state index in [1.807, 2.05) is 0 Å². The molecule has 2 rings (SSSR count). The molecule has 0 heteroatoms. The number of aryl methyl sites for hydroxylation is 2. The van der Waals surface area contributed by atoms with Gasteiger partial charge in [0.25, 0.3) is 0 Å². The Balaban J connectivity index is 2.71. The monoisotopic (exact) mass is 240 g/mol. The summed E-state index contributed by atoms with van der Waals surface area (Å²) in [5.41, 5.74) is 4.58.